The van der Waals surface area contributed by atoms with Crippen LogP contribution in [0.2, 0.25) is 0 Å². The minimum Gasteiger partial charge on any atom is -0.378 e. The smallest absolute Gasteiger partial charge is 0.276 e. The molecule has 0 spiro atoms. The van der Waals surface area contributed by atoms with Crippen LogP contribution in [0.25, 0.3) is 0 Å². The number of benzene rings is 1. The molecular weight excluding hydrogens is 454 g/mol. The summed E-state index contributed by atoms with van der Waals surface area (Å²) in [5.74, 6) is 0.828. The number of rotatable bonds is 6. The van der Waals surface area contributed by atoms with E-state index in [0.29, 0.717) is 24.0 Å². The Hall–Kier alpha value is -2.98. The Morgan fingerprint density at radius 1 is 1.18 bits per heavy atom. The zero-order valence-electron chi connectivity index (χ0n) is 19.1. The third-order valence-electron chi connectivity index (χ3n) is 5.78. The van der Waals surface area contributed by atoms with Gasteiger partial charge in [-0.1, -0.05) is 0 Å². The molecule has 1 saturated heterocycles. The molecule has 0 aliphatic carbocycles. The highest BCUT2D eigenvalue weighted by Crippen LogP contribution is 2.31. The molecule has 0 radical (unpaired) electrons. The Morgan fingerprint density at radius 3 is 2.58 bits per heavy atom. The number of hydrogen-bond donors (Lipinski definition) is 2. The normalized spacial score (nSPS) is 14.2. The Balaban J connectivity index is 1.29. The van der Waals surface area contributed by atoms with Crippen LogP contribution in [0.15, 0.2) is 41.9 Å². The Labute approximate surface area is 203 Å². The van der Waals surface area contributed by atoms with E-state index in [1.807, 2.05) is 38.5 Å². The van der Waals surface area contributed by atoms with Gasteiger partial charge in [-0.15, -0.1) is 11.3 Å². The van der Waals surface area contributed by atoms with Gasteiger partial charge in [-0.3, -0.25) is 4.79 Å². The van der Waals surface area contributed by atoms with Crippen LogP contribution in [-0.4, -0.2) is 57.9 Å². The van der Waals surface area contributed by atoms with E-state index in [0.717, 1.165) is 47.4 Å². The summed E-state index contributed by atoms with van der Waals surface area (Å²) in [5.41, 5.74) is 2.60. The summed E-state index contributed by atoms with van der Waals surface area (Å²) in [6.45, 7) is 4.41. The van der Waals surface area contributed by atoms with Crippen LogP contribution in [0.4, 0.5) is 17.2 Å². The van der Waals surface area contributed by atoms with E-state index in [-0.39, 0.29) is 5.91 Å². The lowest BCUT2D eigenvalue weighted by Crippen LogP contribution is -2.40. The van der Waals surface area contributed by atoms with Gasteiger partial charge in [0.25, 0.3) is 5.91 Å². The van der Waals surface area contributed by atoms with Crippen LogP contribution in [-0.2, 0) is 6.54 Å². The molecule has 4 rings (SSSR count). The van der Waals surface area contributed by atoms with Gasteiger partial charge >= 0.3 is 0 Å². The molecule has 1 fully saturated rings. The second-order valence-corrected chi connectivity index (χ2v) is 9.47. The summed E-state index contributed by atoms with van der Waals surface area (Å²) in [6, 6.07) is 10.0. The average Bonchev–Trinajstić information content (AvgIpc) is 3.49. The molecule has 8 nitrogen and oxygen atoms in total. The molecule has 1 aliphatic rings. The van der Waals surface area contributed by atoms with Crippen molar-refractivity contribution in [1.29, 1.82) is 0 Å². The molecule has 1 aliphatic heterocycles. The molecule has 0 bridgehead atoms. The van der Waals surface area contributed by atoms with Crippen molar-refractivity contribution in [2.24, 2.45) is 0 Å². The van der Waals surface area contributed by atoms with Gasteiger partial charge in [-0.25, -0.2) is 9.67 Å². The van der Waals surface area contributed by atoms with Gasteiger partial charge in [0, 0.05) is 62.5 Å². The molecule has 3 heterocycles. The van der Waals surface area contributed by atoms with Crippen molar-refractivity contribution in [1.82, 2.24) is 19.7 Å². The third kappa shape index (κ3) is 5.51. The summed E-state index contributed by atoms with van der Waals surface area (Å²) in [4.78, 5) is 21.5. The first-order valence-corrected chi connectivity index (χ1v) is 12.3. The van der Waals surface area contributed by atoms with Gasteiger partial charge in [-0.05, 0) is 56.2 Å². The van der Waals surface area contributed by atoms with Crippen LogP contribution in [0.1, 0.15) is 41.2 Å². The minimum atomic E-state index is -0.198. The van der Waals surface area contributed by atoms with Crippen molar-refractivity contribution >= 4 is 51.8 Å². The second kappa shape index (κ2) is 10.3. The predicted octanol–water partition coefficient (Wildman–Crippen LogP) is 4.25. The van der Waals surface area contributed by atoms with Crippen LogP contribution in [0.3, 0.4) is 0 Å². The number of aryl methyl sites for hydroxylation is 1. The lowest BCUT2D eigenvalue weighted by molar-refractivity contribution is 0.102. The van der Waals surface area contributed by atoms with Crippen LogP contribution < -0.4 is 15.5 Å². The van der Waals surface area contributed by atoms with E-state index in [1.54, 1.807) is 28.3 Å². The number of piperidine rings is 1. The largest absolute Gasteiger partial charge is 0.378 e. The van der Waals surface area contributed by atoms with Crippen molar-refractivity contribution in [3.8, 4) is 0 Å². The predicted molar refractivity (Wildman–Crippen MR) is 139 cm³/mol. The zero-order chi connectivity index (χ0) is 23.4. The Morgan fingerprint density at radius 2 is 1.91 bits per heavy atom. The molecule has 174 valence electrons. The summed E-state index contributed by atoms with van der Waals surface area (Å²) in [7, 11) is 4.05. The molecular formula is C23H29N7OS2. The number of nitrogens with one attached hydrogen (secondary N) is 2. The lowest BCUT2D eigenvalue weighted by Gasteiger charge is -2.33. The second-order valence-electron chi connectivity index (χ2n) is 8.19. The maximum Gasteiger partial charge on any atom is 0.276 e. The van der Waals surface area contributed by atoms with Gasteiger partial charge in [-0.2, -0.15) is 5.10 Å². The maximum atomic E-state index is 12.6. The number of aromatic nitrogens is 3. The monoisotopic (exact) mass is 483 g/mol. The number of nitrogens with zero attached hydrogens (tertiary/aromatic N) is 5. The van der Waals surface area contributed by atoms with Crippen LogP contribution in [0, 0.1) is 0 Å². The van der Waals surface area contributed by atoms with E-state index in [2.05, 4.69) is 42.6 Å². The number of anilines is 3. The number of amides is 1. The fourth-order valence-corrected chi connectivity index (χ4v) is 5.10. The molecule has 3 aromatic rings. The van der Waals surface area contributed by atoms with Crippen LogP contribution >= 0.6 is 23.6 Å². The van der Waals surface area contributed by atoms with E-state index < -0.39 is 0 Å². The molecule has 10 heteroatoms. The number of carbonyl (C=O) groups excluding carboxylic acids is 1. The molecule has 1 aromatic carbocycles. The standard InChI is InChI=1S/C23H29N7OS2/c1-4-30-20(9-12-24-30)27-21(31)19-15-33-22(26-19)16-10-13-29(14-11-16)23(32)25-17-5-7-18(8-6-17)28(2)3/h5-9,12,15-16H,4,10-11,13-14H2,1-3H3,(H,25,32)(H,27,31). The minimum absolute atomic E-state index is 0.198. The van der Waals surface area contributed by atoms with Gasteiger partial charge in [0.05, 0.1) is 11.2 Å². The fourth-order valence-electron chi connectivity index (χ4n) is 3.83. The molecule has 0 unspecified atom stereocenters. The van der Waals surface area contributed by atoms with Crippen molar-refractivity contribution in [3.63, 3.8) is 0 Å². The van der Waals surface area contributed by atoms with E-state index in [1.165, 1.54) is 0 Å². The first-order chi connectivity index (χ1) is 15.9. The highest BCUT2D eigenvalue weighted by atomic mass is 32.1. The summed E-state index contributed by atoms with van der Waals surface area (Å²) < 4.78 is 1.74. The van der Waals surface area contributed by atoms with Gasteiger partial charge < -0.3 is 20.4 Å². The molecule has 0 saturated carbocycles. The third-order valence-corrected chi connectivity index (χ3v) is 7.15. The SMILES string of the molecule is CCn1nccc1NC(=O)c1csc(C2CCN(C(=S)Nc3ccc(N(C)C)cc3)CC2)n1. The first-order valence-electron chi connectivity index (χ1n) is 11.1. The van der Waals surface area contributed by atoms with Gasteiger partial charge in [0.1, 0.15) is 11.5 Å². The van der Waals surface area contributed by atoms with Crippen molar-refractivity contribution in [2.75, 3.05) is 42.7 Å². The maximum absolute atomic E-state index is 12.6. The Kier molecular flexibility index (Phi) is 7.24. The number of carbonyl (C=O) groups is 1. The number of thiazole rings is 1. The van der Waals surface area contributed by atoms with Crippen LogP contribution in [0.5, 0.6) is 0 Å². The highest BCUT2D eigenvalue weighted by molar-refractivity contribution is 7.80. The molecule has 2 aromatic heterocycles. The summed E-state index contributed by atoms with van der Waals surface area (Å²) in [5, 5.41) is 14.0. The molecule has 33 heavy (non-hydrogen) atoms. The zero-order valence-corrected chi connectivity index (χ0v) is 20.7. The average molecular weight is 484 g/mol. The topological polar surface area (TPSA) is 78.3 Å². The van der Waals surface area contributed by atoms with E-state index in [9.17, 15) is 4.79 Å². The molecule has 2 N–H and O–H groups in total. The van der Waals surface area contributed by atoms with E-state index >= 15 is 0 Å². The van der Waals surface area contributed by atoms with E-state index in [4.69, 9.17) is 12.2 Å². The first kappa shape index (κ1) is 23.2. The van der Waals surface area contributed by atoms with Crippen molar-refractivity contribution in [2.45, 2.75) is 32.2 Å². The highest BCUT2D eigenvalue weighted by Gasteiger charge is 2.25. The molecule has 0 atom stereocenters. The van der Waals surface area contributed by atoms with Crippen molar-refractivity contribution < 1.29 is 4.79 Å². The molecule has 1 amide bonds. The number of likely N-dealkylation sites (tertiary alicyclic amines) is 1. The summed E-state index contributed by atoms with van der Waals surface area (Å²) >= 11 is 7.20. The number of thiocarbonyl (C=S) groups is 1. The summed E-state index contributed by atoms with van der Waals surface area (Å²) in [6.07, 6.45) is 3.59. The Bertz CT molecular complexity index is 1100. The quantitative estimate of drug-likeness (QED) is 0.508. The van der Waals surface area contributed by atoms with Crippen molar-refractivity contribution in [3.05, 3.63) is 52.6 Å². The fraction of sp³-hybridized carbons (Fsp3) is 0.391. The number of hydrogen-bond acceptors (Lipinski definition) is 6. The van der Waals surface area contributed by atoms with Gasteiger partial charge in [0.2, 0.25) is 0 Å². The lowest BCUT2D eigenvalue weighted by atomic mass is 9.98. The van der Waals surface area contributed by atoms with Gasteiger partial charge in [0.15, 0.2) is 5.11 Å².